The summed E-state index contributed by atoms with van der Waals surface area (Å²) in [5.41, 5.74) is 0.752. The van der Waals surface area contributed by atoms with Crippen molar-refractivity contribution in [2.24, 2.45) is 0 Å². The van der Waals surface area contributed by atoms with Gasteiger partial charge in [-0.3, -0.25) is 4.79 Å². The van der Waals surface area contributed by atoms with Crippen molar-refractivity contribution in [2.75, 3.05) is 6.54 Å². The van der Waals surface area contributed by atoms with Gasteiger partial charge in [0.1, 0.15) is 5.75 Å². The Kier molecular flexibility index (Phi) is 4.37. The number of hydrogen-bond acceptors (Lipinski definition) is 3. The van der Waals surface area contributed by atoms with Gasteiger partial charge in [0.25, 0.3) is 0 Å². The first-order valence-electron chi connectivity index (χ1n) is 6.68. The summed E-state index contributed by atoms with van der Waals surface area (Å²) in [4.78, 5) is 12.1. The Morgan fingerprint density at radius 1 is 1.50 bits per heavy atom. The van der Waals surface area contributed by atoms with E-state index in [1.54, 1.807) is 0 Å². The van der Waals surface area contributed by atoms with Crippen molar-refractivity contribution in [1.82, 2.24) is 5.32 Å². The number of benzene rings is 1. The minimum absolute atomic E-state index is 0.131. The van der Waals surface area contributed by atoms with Crippen molar-refractivity contribution in [2.45, 2.75) is 45.3 Å². The molecule has 1 aliphatic heterocycles. The standard InChI is InChI=1S/C15H21NO2/c1-11(2)18-14-7-3-5-12(9-14)15(17)10-13-6-4-8-16-13/h3,5,7,9,11,13,16H,4,6,8,10H2,1-2H3. The topological polar surface area (TPSA) is 38.3 Å². The third-order valence-corrected chi connectivity index (χ3v) is 3.12. The second-order valence-electron chi connectivity index (χ2n) is 5.12. The molecular formula is C15H21NO2. The second-order valence-corrected chi connectivity index (χ2v) is 5.12. The summed E-state index contributed by atoms with van der Waals surface area (Å²) in [6, 6.07) is 7.84. The largest absolute Gasteiger partial charge is 0.491 e. The van der Waals surface area contributed by atoms with E-state index in [1.165, 1.54) is 6.42 Å². The van der Waals surface area contributed by atoms with Crippen molar-refractivity contribution in [1.29, 1.82) is 0 Å². The van der Waals surface area contributed by atoms with E-state index < -0.39 is 0 Å². The summed E-state index contributed by atoms with van der Waals surface area (Å²) in [7, 11) is 0. The molecule has 0 radical (unpaired) electrons. The van der Waals surface area contributed by atoms with Gasteiger partial charge >= 0.3 is 0 Å². The van der Waals surface area contributed by atoms with E-state index in [0.29, 0.717) is 12.5 Å². The van der Waals surface area contributed by atoms with Crippen LogP contribution in [0.3, 0.4) is 0 Å². The first kappa shape index (κ1) is 13.1. The maximum atomic E-state index is 12.1. The summed E-state index contributed by atoms with van der Waals surface area (Å²) >= 11 is 0. The summed E-state index contributed by atoms with van der Waals surface area (Å²) in [5, 5.41) is 3.35. The Morgan fingerprint density at radius 2 is 2.33 bits per heavy atom. The van der Waals surface area contributed by atoms with Crippen LogP contribution in [0.5, 0.6) is 5.75 Å². The van der Waals surface area contributed by atoms with E-state index in [9.17, 15) is 4.79 Å². The number of Topliss-reactive ketones (excluding diaryl/α,β-unsaturated/α-hetero) is 1. The van der Waals surface area contributed by atoms with Crippen LogP contribution in [0.2, 0.25) is 0 Å². The molecule has 1 aromatic carbocycles. The molecule has 2 rings (SSSR count). The molecule has 1 heterocycles. The summed E-state index contributed by atoms with van der Waals surface area (Å²) in [5.74, 6) is 0.971. The van der Waals surface area contributed by atoms with E-state index in [4.69, 9.17) is 4.74 Å². The zero-order chi connectivity index (χ0) is 13.0. The Morgan fingerprint density at radius 3 is 3.00 bits per heavy atom. The van der Waals surface area contributed by atoms with Gasteiger partial charge in [0.2, 0.25) is 0 Å². The van der Waals surface area contributed by atoms with Crippen molar-refractivity contribution in [3.05, 3.63) is 29.8 Å². The van der Waals surface area contributed by atoms with Crippen molar-refractivity contribution in [3.63, 3.8) is 0 Å². The molecule has 1 N–H and O–H groups in total. The predicted octanol–water partition coefficient (Wildman–Crippen LogP) is 2.80. The number of carbonyl (C=O) groups is 1. The van der Waals surface area contributed by atoms with Gasteiger partial charge < -0.3 is 10.1 Å². The molecule has 0 amide bonds. The lowest BCUT2D eigenvalue weighted by molar-refractivity contribution is 0.0971. The number of ether oxygens (including phenoxy) is 1. The normalized spacial score (nSPS) is 19.2. The van der Waals surface area contributed by atoms with E-state index in [-0.39, 0.29) is 11.9 Å². The molecule has 0 bridgehead atoms. The summed E-state index contributed by atoms with van der Waals surface area (Å²) in [6.07, 6.45) is 3.00. The van der Waals surface area contributed by atoms with Crippen LogP contribution in [-0.2, 0) is 0 Å². The van der Waals surface area contributed by atoms with E-state index in [0.717, 1.165) is 24.3 Å². The Hall–Kier alpha value is -1.35. The van der Waals surface area contributed by atoms with Crippen molar-refractivity contribution < 1.29 is 9.53 Å². The van der Waals surface area contributed by atoms with Crippen LogP contribution in [0.15, 0.2) is 24.3 Å². The SMILES string of the molecule is CC(C)Oc1cccc(C(=O)CC2CCCN2)c1. The zero-order valence-corrected chi connectivity index (χ0v) is 11.1. The van der Waals surface area contributed by atoms with Crippen LogP contribution in [0.25, 0.3) is 0 Å². The molecule has 1 aliphatic rings. The first-order valence-corrected chi connectivity index (χ1v) is 6.68. The first-order chi connectivity index (χ1) is 8.65. The average Bonchev–Trinajstić information content (AvgIpc) is 2.81. The van der Waals surface area contributed by atoms with Gasteiger partial charge in [-0.25, -0.2) is 0 Å². The minimum Gasteiger partial charge on any atom is -0.491 e. The van der Waals surface area contributed by atoms with Crippen LogP contribution in [0.4, 0.5) is 0 Å². The molecule has 0 spiro atoms. The molecule has 0 saturated carbocycles. The lowest BCUT2D eigenvalue weighted by atomic mass is 10.0. The Labute approximate surface area is 109 Å². The van der Waals surface area contributed by atoms with Crippen LogP contribution in [0.1, 0.15) is 43.5 Å². The quantitative estimate of drug-likeness (QED) is 0.813. The number of carbonyl (C=O) groups excluding carboxylic acids is 1. The zero-order valence-electron chi connectivity index (χ0n) is 11.1. The maximum absolute atomic E-state index is 12.1. The highest BCUT2D eigenvalue weighted by atomic mass is 16.5. The molecule has 0 aromatic heterocycles. The number of rotatable bonds is 5. The highest BCUT2D eigenvalue weighted by Crippen LogP contribution is 2.18. The maximum Gasteiger partial charge on any atom is 0.164 e. The van der Waals surface area contributed by atoms with Crippen LogP contribution in [0, 0.1) is 0 Å². The number of hydrogen-bond donors (Lipinski definition) is 1. The highest BCUT2D eigenvalue weighted by Gasteiger charge is 2.18. The molecule has 1 unspecified atom stereocenters. The third-order valence-electron chi connectivity index (χ3n) is 3.12. The van der Waals surface area contributed by atoms with Gasteiger partial charge in [-0.05, 0) is 45.4 Å². The van der Waals surface area contributed by atoms with E-state index in [2.05, 4.69) is 5.32 Å². The van der Waals surface area contributed by atoms with Crippen LogP contribution < -0.4 is 10.1 Å². The molecule has 3 nitrogen and oxygen atoms in total. The third kappa shape index (κ3) is 3.57. The summed E-state index contributed by atoms with van der Waals surface area (Å²) < 4.78 is 5.61. The van der Waals surface area contributed by atoms with Gasteiger partial charge in [-0.1, -0.05) is 12.1 Å². The van der Waals surface area contributed by atoms with Gasteiger partial charge in [-0.2, -0.15) is 0 Å². The fourth-order valence-corrected chi connectivity index (χ4v) is 2.29. The van der Waals surface area contributed by atoms with Gasteiger partial charge in [0, 0.05) is 18.0 Å². The number of nitrogens with one attached hydrogen (secondary N) is 1. The molecule has 3 heteroatoms. The average molecular weight is 247 g/mol. The molecule has 1 aromatic rings. The Bertz CT molecular complexity index is 409. The molecule has 1 saturated heterocycles. The fourth-order valence-electron chi connectivity index (χ4n) is 2.29. The smallest absolute Gasteiger partial charge is 0.164 e. The highest BCUT2D eigenvalue weighted by molar-refractivity contribution is 5.96. The van der Waals surface area contributed by atoms with Gasteiger partial charge in [0.15, 0.2) is 5.78 Å². The van der Waals surface area contributed by atoms with Crippen LogP contribution in [-0.4, -0.2) is 24.5 Å². The molecule has 0 aliphatic carbocycles. The Balaban J connectivity index is 2.00. The molecule has 98 valence electrons. The molecule has 18 heavy (non-hydrogen) atoms. The molecular weight excluding hydrogens is 226 g/mol. The molecule has 1 fully saturated rings. The second kappa shape index (κ2) is 6.01. The predicted molar refractivity (Wildman–Crippen MR) is 72.2 cm³/mol. The van der Waals surface area contributed by atoms with Crippen molar-refractivity contribution in [3.8, 4) is 5.75 Å². The number of ketones is 1. The minimum atomic E-state index is 0.131. The van der Waals surface area contributed by atoms with Crippen LogP contribution >= 0.6 is 0 Å². The lowest BCUT2D eigenvalue weighted by Crippen LogP contribution is -2.24. The van der Waals surface area contributed by atoms with E-state index >= 15 is 0 Å². The summed E-state index contributed by atoms with van der Waals surface area (Å²) in [6.45, 7) is 5.00. The lowest BCUT2D eigenvalue weighted by Gasteiger charge is -2.12. The monoisotopic (exact) mass is 247 g/mol. The van der Waals surface area contributed by atoms with E-state index in [1.807, 2.05) is 38.1 Å². The fraction of sp³-hybridized carbons (Fsp3) is 0.533. The van der Waals surface area contributed by atoms with Gasteiger partial charge in [0.05, 0.1) is 6.10 Å². The van der Waals surface area contributed by atoms with Gasteiger partial charge in [-0.15, -0.1) is 0 Å². The molecule has 1 atom stereocenters. The van der Waals surface area contributed by atoms with Crippen molar-refractivity contribution >= 4 is 5.78 Å².